The van der Waals surface area contributed by atoms with Crippen LogP contribution < -0.4 is 15.8 Å². The number of thioether (sulfide) groups is 1. The van der Waals surface area contributed by atoms with E-state index in [0.717, 1.165) is 11.8 Å². The van der Waals surface area contributed by atoms with E-state index in [1.165, 1.54) is 7.11 Å². The van der Waals surface area contributed by atoms with Crippen LogP contribution in [0.15, 0.2) is 23.1 Å². The normalized spacial score (nSPS) is 11.2. The van der Waals surface area contributed by atoms with Gasteiger partial charge >= 0.3 is 6.18 Å². The van der Waals surface area contributed by atoms with Crippen LogP contribution >= 0.6 is 11.8 Å². The quantitative estimate of drug-likeness (QED) is 0.644. The molecule has 0 atom stereocenters. The number of nitrogen functional groups attached to an aromatic ring is 1. The molecule has 3 N–H and O–H groups in total. The lowest BCUT2D eigenvalue weighted by atomic mass is 10.3. The number of nitrogens with one attached hydrogen (secondary N) is 1. The minimum absolute atomic E-state index is 0.129. The number of amides is 1. The monoisotopic (exact) mass is 294 g/mol. The molecular weight excluding hydrogens is 281 g/mol. The van der Waals surface area contributed by atoms with Gasteiger partial charge < -0.3 is 15.8 Å². The van der Waals surface area contributed by atoms with Gasteiger partial charge in [0.05, 0.1) is 12.9 Å². The molecule has 0 unspecified atom stereocenters. The highest BCUT2D eigenvalue weighted by molar-refractivity contribution is 8.00. The summed E-state index contributed by atoms with van der Waals surface area (Å²) in [4.78, 5) is 11.9. The number of carbonyl (C=O) groups is 1. The molecule has 0 aliphatic rings. The van der Waals surface area contributed by atoms with Crippen LogP contribution in [0, 0.1) is 0 Å². The van der Waals surface area contributed by atoms with Crippen molar-refractivity contribution in [2.75, 3.05) is 25.1 Å². The lowest BCUT2D eigenvalue weighted by Crippen LogP contribution is -2.34. The number of benzene rings is 1. The summed E-state index contributed by atoms with van der Waals surface area (Å²) in [5, 5.41) is 1.79. The molecule has 0 bridgehead atoms. The molecule has 1 amide bonds. The highest BCUT2D eigenvalue weighted by atomic mass is 32.2. The van der Waals surface area contributed by atoms with Crippen molar-refractivity contribution in [2.24, 2.45) is 0 Å². The highest BCUT2D eigenvalue weighted by Gasteiger charge is 2.27. The van der Waals surface area contributed by atoms with E-state index in [1.807, 2.05) is 0 Å². The fourth-order valence-corrected chi connectivity index (χ4v) is 2.03. The summed E-state index contributed by atoms with van der Waals surface area (Å²) in [6, 6.07) is 4.85. The van der Waals surface area contributed by atoms with Gasteiger partial charge in [0.1, 0.15) is 12.3 Å². The number of methoxy groups -OCH3 is 1. The van der Waals surface area contributed by atoms with Crippen molar-refractivity contribution < 1.29 is 22.7 Å². The Labute approximate surface area is 112 Å². The number of carbonyl (C=O) groups excluding carboxylic acids is 1. The van der Waals surface area contributed by atoms with Crippen molar-refractivity contribution in [3.8, 4) is 5.75 Å². The maximum Gasteiger partial charge on any atom is 0.405 e. The number of hydrogen-bond acceptors (Lipinski definition) is 4. The second kappa shape index (κ2) is 6.55. The van der Waals surface area contributed by atoms with Crippen molar-refractivity contribution >= 4 is 23.4 Å². The smallest absolute Gasteiger partial charge is 0.405 e. The Balaban J connectivity index is 2.50. The van der Waals surface area contributed by atoms with E-state index >= 15 is 0 Å². The molecule has 1 aromatic carbocycles. The predicted molar refractivity (Wildman–Crippen MR) is 67.2 cm³/mol. The van der Waals surface area contributed by atoms with Gasteiger partial charge in [0.15, 0.2) is 0 Å². The number of alkyl halides is 3. The molecule has 0 aliphatic heterocycles. The van der Waals surface area contributed by atoms with Crippen molar-refractivity contribution in [2.45, 2.75) is 11.1 Å². The van der Waals surface area contributed by atoms with Gasteiger partial charge in [-0.1, -0.05) is 0 Å². The molecule has 19 heavy (non-hydrogen) atoms. The third-order valence-corrected chi connectivity index (χ3v) is 3.09. The number of anilines is 1. The SMILES string of the molecule is COc1cc(N)ccc1SCC(=O)NCC(F)(F)F. The number of halogens is 3. The largest absolute Gasteiger partial charge is 0.496 e. The van der Waals surface area contributed by atoms with E-state index in [0.29, 0.717) is 16.3 Å². The molecule has 8 heteroatoms. The Morgan fingerprint density at radius 1 is 1.47 bits per heavy atom. The zero-order chi connectivity index (χ0) is 14.5. The van der Waals surface area contributed by atoms with Crippen LogP contribution in [0.1, 0.15) is 0 Å². The summed E-state index contributed by atoms with van der Waals surface area (Å²) >= 11 is 1.08. The first-order chi connectivity index (χ1) is 8.81. The zero-order valence-electron chi connectivity index (χ0n) is 10.1. The summed E-state index contributed by atoms with van der Waals surface area (Å²) < 4.78 is 40.7. The lowest BCUT2D eigenvalue weighted by molar-refractivity contribution is -0.136. The third kappa shape index (κ3) is 5.73. The zero-order valence-corrected chi connectivity index (χ0v) is 10.9. The van der Waals surface area contributed by atoms with Gasteiger partial charge in [-0.15, -0.1) is 11.8 Å². The predicted octanol–water partition coefficient (Wildman–Crippen LogP) is 2.05. The van der Waals surface area contributed by atoms with Crippen LogP contribution in [0.25, 0.3) is 0 Å². The Kier molecular flexibility index (Phi) is 5.34. The molecule has 1 rings (SSSR count). The molecule has 0 spiro atoms. The minimum Gasteiger partial charge on any atom is -0.496 e. The Bertz CT molecular complexity index is 452. The van der Waals surface area contributed by atoms with Gasteiger partial charge in [0.25, 0.3) is 0 Å². The van der Waals surface area contributed by atoms with Gasteiger partial charge in [0.2, 0.25) is 5.91 Å². The Hall–Kier alpha value is -1.57. The van der Waals surface area contributed by atoms with Crippen molar-refractivity contribution in [1.82, 2.24) is 5.32 Å². The van der Waals surface area contributed by atoms with Crippen molar-refractivity contribution in [1.29, 1.82) is 0 Å². The number of rotatable bonds is 5. The molecule has 1 aromatic rings. The van der Waals surface area contributed by atoms with Crippen LogP contribution in [-0.4, -0.2) is 31.5 Å². The number of nitrogens with two attached hydrogens (primary N) is 1. The average molecular weight is 294 g/mol. The highest BCUT2D eigenvalue weighted by Crippen LogP contribution is 2.30. The van der Waals surface area contributed by atoms with E-state index in [2.05, 4.69) is 0 Å². The van der Waals surface area contributed by atoms with Crippen LogP contribution in [0.2, 0.25) is 0 Å². The van der Waals surface area contributed by atoms with Crippen LogP contribution in [0.3, 0.4) is 0 Å². The molecule has 0 aliphatic carbocycles. The molecule has 106 valence electrons. The fraction of sp³-hybridized carbons (Fsp3) is 0.364. The topological polar surface area (TPSA) is 64.3 Å². The van der Waals surface area contributed by atoms with Gasteiger partial charge in [0, 0.05) is 16.6 Å². The summed E-state index contributed by atoms with van der Waals surface area (Å²) in [7, 11) is 1.45. The Morgan fingerprint density at radius 2 is 2.16 bits per heavy atom. The van der Waals surface area contributed by atoms with E-state index in [4.69, 9.17) is 10.5 Å². The molecule has 0 saturated heterocycles. The van der Waals surface area contributed by atoms with Crippen LogP contribution in [0.4, 0.5) is 18.9 Å². The first-order valence-corrected chi connectivity index (χ1v) is 6.20. The molecule has 0 radical (unpaired) electrons. The van der Waals surface area contributed by atoms with Crippen LogP contribution in [0.5, 0.6) is 5.75 Å². The van der Waals surface area contributed by atoms with E-state index in [-0.39, 0.29) is 5.75 Å². The number of ether oxygens (including phenoxy) is 1. The fourth-order valence-electron chi connectivity index (χ4n) is 1.20. The average Bonchev–Trinajstić information content (AvgIpc) is 2.33. The van der Waals surface area contributed by atoms with Crippen molar-refractivity contribution in [3.63, 3.8) is 0 Å². The Morgan fingerprint density at radius 3 is 2.74 bits per heavy atom. The summed E-state index contributed by atoms with van der Waals surface area (Å²) in [6.07, 6.45) is -4.40. The number of hydrogen-bond donors (Lipinski definition) is 2. The molecule has 4 nitrogen and oxygen atoms in total. The molecular formula is C11H13F3N2O2S. The van der Waals surface area contributed by atoms with E-state index in [9.17, 15) is 18.0 Å². The lowest BCUT2D eigenvalue weighted by Gasteiger charge is -2.10. The summed E-state index contributed by atoms with van der Waals surface area (Å²) in [5.41, 5.74) is 6.06. The maximum atomic E-state index is 11.9. The molecule has 0 heterocycles. The van der Waals surface area contributed by atoms with Gasteiger partial charge in [-0.25, -0.2) is 0 Å². The third-order valence-electron chi connectivity index (χ3n) is 2.03. The maximum absolute atomic E-state index is 11.9. The standard InChI is InChI=1S/C11H13F3N2O2S/c1-18-8-4-7(15)2-3-9(8)19-5-10(17)16-6-11(12,13)14/h2-4H,5-6,15H2,1H3,(H,16,17). The second-order valence-corrected chi connectivity index (χ2v) is 4.61. The second-order valence-electron chi connectivity index (χ2n) is 3.59. The summed E-state index contributed by atoms with van der Waals surface area (Å²) in [6.45, 7) is -1.33. The minimum atomic E-state index is -4.40. The molecule has 0 fully saturated rings. The van der Waals surface area contributed by atoms with Gasteiger partial charge in [-0.2, -0.15) is 13.2 Å². The first-order valence-electron chi connectivity index (χ1n) is 5.21. The molecule has 0 aromatic heterocycles. The first kappa shape index (κ1) is 15.5. The van der Waals surface area contributed by atoms with Gasteiger partial charge in [-0.3, -0.25) is 4.79 Å². The molecule has 0 saturated carbocycles. The summed E-state index contributed by atoms with van der Waals surface area (Å²) in [5.74, 6) is -0.342. The van der Waals surface area contributed by atoms with E-state index in [1.54, 1.807) is 23.5 Å². The van der Waals surface area contributed by atoms with Gasteiger partial charge in [-0.05, 0) is 12.1 Å². The van der Waals surface area contributed by atoms with Crippen LogP contribution in [-0.2, 0) is 4.79 Å². The van der Waals surface area contributed by atoms with E-state index < -0.39 is 18.6 Å². The van der Waals surface area contributed by atoms with Crippen molar-refractivity contribution in [3.05, 3.63) is 18.2 Å².